The minimum absolute atomic E-state index is 0.0440. The fourth-order valence-electron chi connectivity index (χ4n) is 3.35. The van der Waals surface area contributed by atoms with Crippen LogP contribution in [0.25, 0.3) is 0 Å². The van der Waals surface area contributed by atoms with Crippen LogP contribution < -0.4 is 0 Å². The van der Waals surface area contributed by atoms with E-state index in [9.17, 15) is 4.79 Å². The maximum absolute atomic E-state index is 12.5. The first-order chi connectivity index (χ1) is 11.8. The van der Waals surface area contributed by atoms with E-state index in [1.807, 2.05) is 6.92 Å². The second kappa shape index (κ2) is 10.9. The fraction of sp³-hybridized carbons (Fsp3) is 0.944. The van der Waals surface area contributed by atoms with E-state index in [2.05, 4.69) is 13.8 Å². The van der Waals surface area contributed by atoms with Gasteiger partial charge in [-0.3, -0.25) is 4.79 Å². The van der Waals surface area contributed by atoms with Crippen molar-refractivity contribution < 1.29 is 22.8 Å². The third-order valence-electron chi connectivity index (χ3n) is 5.28. The Morgan fingerprint density at radius 1 is 1.08 bits per heavy atom. The van der Waals surface area contributed by atoms with Crippen molar-refractivity contribution in [2.75, 3.05) is 32.8 Å². The van der Waals surface area contributed by atoms with Crippen molar-refractivity contribution in [1.82, 2.24) is 0 Å². The van der Waals surface area contributed by atoms with Crippen LogP contribution in [0.15, 0.2) is 0 Å². The molecule has 0 aromatic carbocycles. The first-order valence-corrected chi connectivity index (χ1v) is 12.4. The van der Waals surface area contributed by atoms with Crippen molar-refractivity contribution in [3.8, 4) is 0 Å². The molecule has 0 aliphatic heterocycles. The SMILES string of the molecule is CO[Si](CCCSCC(C)C(=O)OC1(C(C)C)CCCC1)(OC)OC. The normalized spacial score (nSPS) is 18.5. The molecule has 1 rings (SSSR count). The van der Waals surface area contributed by atoms with E-state index in [-0.39, 0.29) is 17.5 Å². The van der Waals surface area contributed by atoms with Gasteiger partial charge >= 0.3 is 14.8 Å². The van der Waals surface area contributed by atoms with E-state index in [1.165, 1.54) is 12.8 Å². The molecule has 148 valence electrons. The maximum atomic E-state index is 12.5. The molecule has 0 radical (unpaired) electrons. The molecule has 5 nitrogen and oxygen atoms in total. The Bertz CT molecular complexity index is 387. The Hall–Kier alpha value is -0.0831. The van der Waals surface area contributed by atoms with Gasteiger partial charge in [0, 0.05) is 33.1 Å². The van der Waals surface area contributed by atoms with Gasteiger partial charge in [-0.15, -0.1) is 0 Å². The van der Waals surface area contributed by atoms with Crippen LogP contribution in [0, 0.1) is 11.8 Å². The molecule has 0 aromatic heterocycles. The van der Waals surface area contributed by atoms with Crippen LogP contribution in [0.1, 0.15) is 52.9 Å². The molecular weight excluding hydrogens is 356 g/mol. The Morgan fingerprint density at radius 3 is 2.12 bits per heavy atom. The van der Waals surface area contributed by atoms with Gasteiger partial charge in [-0.05, 0) is 43.8 Å². The summed E-state index contributed by atoms with van der Waals surface area (Å²) in [6.45, 7) is 6.29. The molecular formula is C18H36O5SSi. The van der Waals surface area contributed by atoms with Gasteiger partial charge in [-0.2, -0.15) is 11.8 Å². The second-order valence-electron chi connectivity index (χ2n) is 7.22. The molecule has 0 heterocycles. The van der Waals surface area contributed by atoms with Crippen LogP contribution in [0.4, 0.5) is 0 Å². The summed E-state index contributed by atoms with van der Waals surface area (Å²) in [4.78, 5) is 12.5. The summed E-state index contributed by atoms with van der Waals surface area (Å²) < 4.78 is 22.2. The third kappa shape index (κ3) is 6.54. The smallest absolute Gasteiger partial charge is 0.459 e. The van der Waals surface area contributed by atoms with Crippen LogP contribution in [-0.4, -0.2) is 53.2 Å². The highest BCUT2D eigenvalue weighted by Crippen LogP contribution is 2.39. The second-order valence-corrected chi connectivity index (χ2v) is 11.5. The molecule has 1 fully saturated rings. The molecule has 7 heteroatoms. The lowest BCUT2D eigenvalue weighted by Gasteiger charge is -2.34. The summed E-state index contributed by atoms with van der Waals surface area (Å²) in [5.74, 6) is 2.01. The van der Waals surface area contributed by atoms with E-state index < -0.39 is 8.80 Å². The number of thioether (sulfide) groups is 1. The molecule has 0 saturated heterocycles. The minimum atomic E-state index is -2.47. The van der Waals surface area contributed by atoms with Gasteiger partial charge < -0.3 is 18.0 Å². The standard InChI is InChI=1S/C18H36O5SSi/c1-15(2)18(10-7-8-11-18)23-17(19)16(3)14-24-12-9-13-25(20-4,21-5)22-6/h15-16H,7-14H2,1-6H3. The average molecular weight is 393 g/mol. The number of esters is 1. The average Bonchev–Trinajstić information content (AvgIpc) is 3.08. The largest absolute Gasteiger partial charge is 0.500 e. The fourth-order valence-corrected chi connectivity index (χ4v) is 6.33. The monoisotopic (exact) mass is 392 g/mol. The summed E-state index contributed by atoms with van der Waals surface area (Å²) in [6, 6.07) is 0.790. The lowest BCUT2D eigenvalue weighted by Crippen LogP contribution is -2.42. The zero-order chi connectivity index (χ0) is 18.9. The highest BCUT2D eigenvalue weighted by atomic mass is 32.2. The summed E-state index contributed by atoms with van der Waals surface area (Å²) in [5, 5.41) is 0. The molecule has 1 aliphatic carbocycles. The van der Waals surface area contributed by atoms with E-state index in [0.717, 1.165) is 36.8 Å². The van der Waals surface area contributed by atoms with Crippen molar-refractivity contribution in [2.45, 2.75) is 64.5 Å². The van der Waals surface area contributed by atoms with Crippen LogP contribution >= 0.6 is 11.8 Å². The highest BCUT2D eigenvalue weighted by Gasteiger charge is 2.41. The summed E-state index contributed by atoms with van der Waals surface area (Å²) in [6.07, 6.45) is 5.30. The molecule has 1 aliphatic rings. The van der Waals surface area contributed by atoms with Gasteiger partial charge in [0.1, 0.15) is 5.60 Å². The van der Waals surface area contributed by atoms with Crippen molar-refractivity contribution >= 4 is 26.5 Å². The molecule has 0 amide bonds. The van der Waals surface area contributed by atoms with Crippen molar-refractivity contribution in [3.63, 3.8) is 0 Å². The first kappa shape index (κ1) is 23.0. The molecule has 25 heavy (non-hydrogen) atoms. The van der Waals surface area contributed by atoms with E-state index in [0.29, 0.717) is 5.92 Å². The lowest BCUT2D eigenvalue weighted by molar-refractivity contribution is -0.168. The molecule has 1 atom stereocenters. The number of carbonyl (C=O) groups is 1. The lowest BCUT2D eigenvalue weighted by atomic mass is 9.88. The van der Waals surface area contributed by atoms with Gasteiger partial charge in [0.15, 0.2) is 0 Å². The molecule has 1 unspecified atom stereocenters. The van der Waals surface area contributed by atoms with Crippen LogP contribution in [0.3, 0.4) is 0 Å². The quantitative estimate of drug-likeness (QED) is 0.283. The Balaban J connectivity index is 2.32. The predicted octanol–water partition coefficient (Wildman–Crippen LogP) is 4.14. The van der Waals surface area contributed by atoms with Gasteiger partial charge in [-0.1, -0.05) is 20.8 Å². The minimum Gasteiger partial charge on any atom is -0.459 e. The Morgan fingerprint density at radius 2 is 1.64 bits per heavy atom. The Labute approximate surface area is 158 Å². The van der Waals surface area contributed by atoms with Gasteiger partial charge in [0.05, 0.1) is 5.92 Å². The van der Waals surface area contributed by atoms with Gasteiger partial charge in [0.2, 0.25) is 0 Å². The molecule has 0 N–H and O–H groups in total. The highest BCUT2D eigenvalue weighted by molar-refractivity contribution is 7.99. The zero-order valence-corrected chi connectivity index (χ0v) is 18.6. The number of rotatable bonds is 12. The molecule has 0 spiro atoms. The number of hydrogen-bond acceptors (Lipinski definition) is 6. The van der Waals surface area contributed by atoms with E-state index in [4.69, 9.17) is 18.0 Å². The number of carbonyl (C=O) groups excluding carboxylic acids is 1. The topological polar surface area (TPSA) is 54.0 Å². The van der Waals surface area contributed by atoms with Crippen LogP contribution in [0.2, 0.25) is 6.04 Å². The zero-order valence-electron chi connectivity index (χ0n) is 16.8. The third-order valence-corrected chi connectivity index (χ3v) is 9.43. The number of ether oxygens (including phenoxy) is 1. The molecule has 0 aromatic rings. The summed E-state index contributed by atoms with van der Waals surface area (Å²) >= 11 is 1.78. The first-order valence-electron chi connectivity index (χ1n) is 9.31. The maximum Gasteiger partial charge on any atom is 0.500 e. The van der Waals surface area contributed by atoms with E-state index >= 15 is 0 Å². The Kier molecular flexibility index (Phi) is 10.0. The van der Waals surface area contributed by atoms with E-state index in [1.54, 1.807) is 33.1 Å². The predicted molar refractivity (Wildman–Crippen MR) is 105 cm³/mol. The van der Waals surface area contributed by atoms with Gasteiger partial charge in [0.25, 0.3) is 0 Å². The van der Waals surface area contributed by atoms with Crippen molar-refractivity contribution in [1.29, 1.82) is 0 Å². The molecule has 0 bridgehead atoms. The van der Waals surface area contributed by atoms with Crippen LogP contribution in [0.5, 0.6) is 0 Å². The summed E-state index contributed by atoms with van der Waals surface area (Å²) in [7, 11) is 2.44. The van der Waals surface area contributed by atoms with Crippen molar-refractivity contribution in [3.05, 3.63) is 0 Å². The van der Waals surface area contributed by atoms with Gasteiger partial charge in [-0.25, -0.2) is 0 Å². The van der Waals surface area contributed by atoms with Crippen molar-refractivity contribution in [2.24, 2.45) is 11.8 Å². The molecule has 1 saturated carbocycles. The summed E-state index contributed by atoms with van der Waals surface area (Å²) in [5.41, 5.74) is -0.226. The van der Waals surface area contributed by atoms with Crippen LogP contribution in [-0.2, 0) is 22.8 Å². The number of hydrogen-bond donors (Lipinski definition) is 0.